The molecule has 5 nitrogen and oxygen atoms in total. The van der Waals surface area contributed by atoms with Gasteiger partial charge in [0, 0.05) is 6.08 Å². The summed E-state index contributed by atoms with van der Waals surface area (Å²) in [6.45, 7) is 1.68. The first-order chi connectivity index (χ1) is 12.3. The fraction of sp³-hybridized carbons (Fsp3) is 0.158. The number of benzene rings is 2. The lowest BCUT2D eigenvalue weighted by molar-refractivity contribution is -0.120. The van der Waals surface area contributed by atoms with Crippen LogP contribution < -0.4 is 15.8 Å². The van der Waals surface area contributed by atoms with Crippen LogP contribution in [0, 0.1) is 0 Å². The summed E-state index contributed by atoms with van der Waals surface area (Å²) < 4.78 is 5.17. The second-order valence-electron chi connectivity index (χ2n) is 5.56. The zero-order valence-corrected chi connectivity index (χ0v) is 15.6. The van der Waals surface area contributed by atoms with Gasteiger partial charge in [0.15, 0.2) is 6.61 Å². The van der Waals surface area contributed by atoms with Crippen LogP contribution in [0.2, 0.25) is 10.0 Å². The Morgan fingerprint density at radius 2 is 1.85 bits per heavy atom. The SMILES string of the molecule is CC(NC(=O)/C=C/c1ccc(OCC(N)=O)cc1)c1ccc(Cl)c(Cl)c1. The Morgan fingerprint density at radius 3 is 2.46 bits per heavy atom. The Balaban J connectivity index is 1.91. The number of nitrogens with two attached hydrogens (primary N) is 1. The number of ether oxygens (including phenoxy) is 1. The number of nitrogens with one attached hydrogen (secondary N) is 1. The second-order valence-corrected chi connectivity index (χ2v) is 6.38. The molecule has 2 aromatic rings. The van der Waals surface area contributed by atoms with Crippen molar-refractivity contribution >= 4 is 41.1 Å². The first-order valence-electron chi connectivity index (χ1n) is 7.80. The largest absolute Gasteiger partial charge is 0.484 e. The maximum absolute atomic E-state index is 12.1. The Kier molecular flexibility index (Phi) is 7.06. The number of carbonyl (C=O) groups is 2. The summed E-state index contributed by atoms with van der Waals surface area (Å²) in [4.78, 5) is 22.7. The molecule has 2 amide bonds. The highest BCUT2D eigenvalue weighted by Gasteiger charge is 2.09. The first kappa shape index (κ1) is 19.8. The lowest BCUT2D eigenvalue weighted by atomic mass is 10.1. The molecule has 136 valence electrons. The van der Waals surface area contributed by atoms with Gasteiger partial charge in [-0.3, -0.25) is 9.59 Å². The molecule has 1 unspecified atom stereocenters. The standard InChI is InChI=1S/C19H18Cl2N2O3/c1-12(14-5-8-16(20)17(21)10-14)23-19(25)9-4-13-2-6-15(7-3-13)26-11-18(22)24/h2-10,12H,11H2,1H3,(H2,22,24)(H,23,25)/b9-4+. The molecule has 26 heavy (non-hydrogen) atoms. The van der Waals surface area contributed by atoms with E-state index < -0.39 is 5.91 Å². The van der Waals surface area contributed by atoms with Crippen molar-refractivity contribution in [3.8, 4) is 5.75 Å². The van der Waals surface area contributed by atoms with Crippen molar-refractivity contribution in [3.63, 3.8) is 0 Å². The minimum absolute atomic E-state index is 0.176. The summed E-state index contributed by atoms with van der Waals surface area (Å²) in [6, 6.07) is 11.9. The molecule has 0 spiro atoms. The van der Waals surface area contributed by atoms with Crippen molar-refractivity contribution in [1.82, 2.24) is 5.32 Å². The van der Waals surface area contributed by atoms with Crippen molar-refractivity contribution < 1.29 is 14.3 Å². The molecule has 2 aromatic carbocycles. The maximum atomic E-state index is 12.1. The molecule has 7 heteroatoms. The monoisotopic (exact) mass is 392 g/mol. The van der Waals surface area contributed by atoms with Gasteiger partial charge < -0.3 is 15.8 Å². The fourth-order valence-corrected chi connectivity index (χ4v) is 2.43. The van der Waals surface area contributed by atoms with Crippen LogP contribution in [0.5, 0.6) is 5.75 Å². The van der Waals surface area contributed by atoms with Crippen molar-refractivity contribution in [2.45, 2.75) is 13.0 Å². The molecule has 2 rings (SSSR count). The van der Waals surface area contributed by atoms with Crippen LogP contribution in [0.1, 0.15) is 24.1 Å². The Bertz CT molecular complexity index is 820. The topological polar surface area (TPSA) is 81.4 Å². The van der Waals surface area contributed by atoms with Crippen molar-refractivity contribution in [2.24, 2.45) is 5.73 Å². The summed E-state index contributed by atoms with van der Waals surface area (Å²) in [5, 5.41) is 3.77. The number of carbonyl (C=O) groups excluding carboxylic acids is 2. The van der Waals surface area contributed by atoms with Crippen LogP contribution in [0.4, 0.5) is 0 Å². The molecule has 0 aliphatic carbocycles. The average molecular weight is 393 g/mol. The van der Waals surface area contributed by atoms with E-state index in [1.54, 1.807) is 42.5 Å². The van der Waals surface area contributed by atoms with Gasteiger partial charge in [-0.05, 0) is 48.4 Å². The smallest absolute Gasteiger partial charge is 0.255 e. The number of primary amides is 1. The third-order valence-electron chi connectivity index (χ3n) is 3.49. The van der Waals surface area contributed by atoms with E-state index in [4.69, 9.17) is 33.7 Å². The Hall–Kier alpha value is -2.50. The molecule has 3 N–H and O–H groups in total. The summed E-state index contributed by atoms with van der Waals surface area (Å²) >= 11 is 11.9. The minimum atomic E-state index is -0.540. The molecule has 0 aliphatic heterocycles. The van der Waals surface area contributed by atoms with E-state index in [0.717, 1.165) is 11.1 Å². The van der Waals surface area contributed by atoms with Crippen LogP contribution in [-0.4, -0.2) is 18.4 Å². The van der Waals surface area contributed by atoms with E-state index >= 15 is 0 Å². The molecular formula is C19H18Cl2N2O3. The molecule has 1 atom stereocenters. The van der Waals surface area contributed by atoms with Gasteiger partial charge in [-0.2, -0.15) is 0 Å². The zero-order valence-electron chi connectivity index (χ0n) is 14.0. The van der Waals surface area contributed by atoms with Crippen molar-refractivity contribution in [3.05, 3.63) is 69.7 Å². The Morgan fingerprint density at radius 1 is 1.15 bits per heavy atom. The number of hydrogen-bond donors (Lipinski definition) is 2. The minimum Gasteiger partial charge on any atom is -0.484 e. The van der Waals surface area contributed by atoms with Gasteiger partial charge in [-0.1, -0.05) is 41.4 Å². The first-order valence-corrected chi connectivity index (χ1v) is 8.55. The molecule has 0 heterocycles. The van der Waals surface area contributed by atoms with E-state index in [0.29, 0.717) is 15.8 Å². The summed E-state index contributed by atoms with van der Waals surface area (Å²) in [7, 11) is 0. The number of rotatable bonds is 7. The summed E-state index contributed by atoms with van der Waals surface area (Å²) in [5.41, 5.74) is 6.69. The van der Waals surface area contributed by atoms with Crippen molar-refractivity contribution in [1.29, 1.82) is 0 Å². The van der Waals surface area contributed by atoms with Gasteiger partial charge in [-0.25, -0.2) is 0 Å². The molecule has 0 saturated heterocycles. The fourth-order valence-electron chi connectivity index (χ4n) is 2.13. The second kappa shape index (κ2) is 9.27. The van der Waals surface area contributed by atoms with Gasteiger partial charge in [0.1, 0.15) is 5.75 Å². The van der Waals surface area contributed by atoms with E-state index in [1.807, 2.05) is 13.0 Å². The molecule has 0 aliphatic rings. The lowest BCUT2D eigenvalue weighted by Gasteiger charge is -2.13. The molecule has 0 bridgehead atoms. The van der Waals surface area contributed by atoms with Crippen LogP contribution >= 0.6 is 23.2 Å². The highest BCUT2D eigenvalue weighted by molar-refractivity contribution is 6.42. The van der Waals surface area contributed by atoms with Gasteiger partial charge >= 0.3 is 0 Å². The van der Waals surface area contributed by atoms with Gasteiger partial charge in [0.05, 0.1) is 16.1 Å². The molecule has 0 fully saturated rings. The van der Waals surface area contributed by atoms with Crippen LogP contribution in [0.3, 0.4) is 0 Å². The number of hydrogen-bond acceptors (Lipinski definition) is 3. The average Bonchev–Trinajstić information content (AvgIpc) is 2.61. The summed E-state index contributed by atoms with van der Waals surface area (Å²) in [6.07, 6.45) is 3.11. The predicted octanol–water partition coefficient (Wildman–Crippen LogP) is 3.75. The molecule has 0 saturated carbocycles. The van der Waals surface area contributed by atoms with Crippen LogP contribution in [0.15, 0.2) is 48.5 Å². The van der Waals surface area contributed by atoms with Gasteiger partial charge in [0.2, 0.25) is 5.91 Å². The quantitative estimate of drug-likeness (QED) is 0.703. The Labute approximate surface area is 161 Å². The van der Waals surface area contributed by atoms with Gasteiger partial charge in [0.25, 0.3) is 5.91 Å². The van der Waals surface area contributed by atoms with Gasteiger partial charge in [-0.15, -0.1) is 0 Å². The molecule has 0 radical (unpaired) electrons. The van der Waals surface area contributed by atoms with E-state index in [-0.39, 0.29) is 18.6 Å². The van der Waals surface area contributed by atoms with E-state index in [9.17, 15) is 9.59 Å². The number of amides is 2. The third-order valence-corrected chi connectivity index (χ3v) is 4.23. The van der Waals surface area contributed by atoms with Crippen molar-refractivity contribution in [2.75, 3.05) is 6.61 Å². The maximum Gasteiger partial charge on any atom is 0.255 e. The third kappa shape index (κ3) is 6.10. The highest BCUT2D eigenvalue weighted by Crippen LogP contribution is 2.25. The molecular weight excluding hydrogens is 375 g/mol. The number of halogens is 2. The summed E-state index contributed by atoms with van der Waals surface area (Å²) in [5.74, 6) is -0.252. The van der Waals surface area contributed by atoms with E-state index in [2.05, 4.69) is 5.32 Å². The predicted molar refractivity (Wildman–Crippen MR) is 103 cm³/mol. The highest BCUT2D eigenvalue weighted by atomic mass is 35.5. The lowest BCUT2D eigenvalue weighted by Crippen LogP contribution is -2.24. The zero-order chi connectivity index (χ0) is 19.1. The normalized spacial score (nSPS) is 12.0. The van der Waals surface area contributed by atoms with Crippen LogP contribution in [-0.2, 0) is 9.59 Å². The van der Waals surface area contributed by atoms with Crippen LogP contribution in [0.25, 0.3) is 6.08 Å². The van der Waals surface area contributed by atoms with E-state index in [1.165, 1.54) is 6.08 Å². The molecule has 0 aromatic heterocycles.